The number of carbonyl (C=O) groups excluding carboxylic acids is 1. The third-order valence-corrected chi connectivity index (χ3v) is 5.58. The van der Waals surface area contributed by atoms with E-state index in [2.05, 4.69) is 15.2 Å². The van der Waals surface area contributed by atoms with Crippen LogP contribution < -0.4 is 10.0 Å². The van der Waals surface area contributed by atoms with E-state index in [0.717, 1.165) is 0 Å². The van der Waals surface area contributed by atoms with Crippen LogP contribution in [0.3, 0.4) is 0 Å². The zero-order chi connectivity index (χ0) is 21.9. The van der Waals surface area contributed by atoms with Gasteiger partial charge < -0.3 is 14.4 Å². The Kier molecular flexibility index (Phi) is 6.15. The average Bonchev–Trinajstić information content (AvgIpc) is 3.07. The van der Waals surface area contributed by atoms with Gasteiger partial charge in [-0.3, -0.25) is 14.9 Å². The van der Waals surface area contributed by atoms with Crippen molar-refractivity contribution in [2.75, 3.05) is 10.0 Å². The number of aryl methyl sites for hydroxylation is 1. The predicted octanol–water partition coefficient (Wildman–Crippen LogP) is 3.74. The number of anilines is 2. The lowest BCUT2D eigenvalue weighted by molar-refractivity contribution is -0.384. The van der Waals surface area contributed by atoms with Crippen molar-refractivity contribution in [1.82, 2.24) is 5.16 Å². The summed E-state index contributed by atoms with van der Waals surface area (Å²) >= 11 is 5.76. The topological polar surface area (TPSA) is 150 Å². The van der Waals surface area contributed by atoms with Crippen molar-refractivity contribution in [2.45, 2.75) is 18.2 Å². The summed E-state index contributed by atoms with van der Waals surface area (Å²) in [5.74, 6) is 0.0807. The number of nitrogens with zero attached hydrogens (tertiary/aromatic N) is 2. The summed E-state index contributed by atoms with van der Waals surface area (Å²) in [4.78, 5) is 22.5. The normalized spacial score (nSPS) is 12.8. The summed E-state index contributed by atoms with van der Waals surface area (Å²) in [6, 6.07) is 11.0. The molecule has 12 heteroatoms. The summed E-state index contributed by atoms with van der Waals surface area (Å²) in [6.45, 7) is 1.63. The molecule has 2 aromatic carbocycles. The molecule has 1 aromatic heterocycles. The van der Waals surface area contributed by atoms with Gasteiger partial charge in [-0.25, -0.2) is 0 Å². The predicted molar refractivity (Wildman–Crippen MR) is 109 cm³/mol. The first-order chi connectivity index (χ1) is 14.1. The molecule has 0 bridgehead atoms. The molecule has 1 unspecified atom stereocenters. The molecule has 1 heterocycles. The Hall–Kier alpha value is -3.28. The third-order valence-electron chi connectivity index (χ3n) is 3.89. The Morgan fingerprint density at radius 1 is 1.23 bits per heavy atom. The van der Waals surface area contributed by atoms with Crippen molar-refractivity contribution in [3.8, 4) is 0 Å². The minimum atomic E-state index is -3.87. The Labute approximate surface area is 176 Å². The molecule has 30 heavy (non-hydrogen) atoms. The molecular weight excluding hydrogens is 436 g/mol. The first-order valence-electron chi connectivity index (χ1n) is 8.43. The van der Waals surface area contributed by atoms with Crippen LogP contribution in [-0.4, -0.2) is 20.5 Å². The van der Waals surface area contributed by atoms with Crippen molar-refractivity contribution >= 4 is 45.1 Å². The molecule has 0 aliphatic carbocycles. The minimum Gasteiger partial charge on any atom is -0.588 e. The third kappa shape index (κ3) is 5.20. The van der Waals surface area contributed by atoms with Gasteiger partial charge in [-0.15, -0.1) is 0 Å². The molecule has 156 valence electrons. The van der Waals surface area contributed by atoms with E-state index in [9.17, 15) is 23.7 Å². The molecule has 0 spiro atoms. The first-order valence-corrected chi connectivity index (χ1v) is 10.3. The standard InChI is InChI=1S/C18H15ClN4O6S/c1-11-8-17(21-29-11)22-30(27,28)14-5-3-13(4-6-14)20-18(24)10-12-2-7-15(19)16(9-12)23(25)26/h2-9H,10H2,1H3,(H2-,20,21,22,24,27,28). The van der Waals surface area contributed by atoms with Gasteiger partial charge in [0.2, 0.25) is 11.7 Å². The summed E-state index contributed by atoms with van der Waals surface area (Å²) in [5, 5.41) is 17.1. The van der Waals surface area contributed by atoms with Gasteiger partial charge in [0.15, 0.2) is 15.3 Å². The maximum absolute atomic E-state index is 12.4. The van der Waals surface area contributed by atoms with Crippen LogP contribution in [0.4, 0.5) is 17.2 Å². The van der Waals surface area contributed by atoms with E-state index in [4.69, 9.17) is 16.1 Å². The summed E-state index contributed by atoms with van der Waals surface area (Å²) < 4.78 is 31.8. The molecule has 3 aromatic rings. The van der Waals surface area contributed by atoms with E-state index in [1.807, 2.05) is 0 Å². The zero-order valence-corrected chi connectivity index (χ0v) is 17.0. The van der Waals surface area contributed by atoms with Crippen LogP contribution in [0.5, 0.6) is 0 Å². The number of aromatic nitrogens is 1. The highest BCUT2D eigenvalue weighted by Gasteiger charge is 2.22. The number of sulfonamides is 1. The number of rotatable bonds is 7. The molecule has 0 aliphatic heterocycles. The van der Waals surface area contributed by atoms with E-state index in [1.165, 1.54) is 48.5 Å². The van der Waals surface area contributed by atoms with Gasteiger partial charge in [-0.05, 0) is 42.8 Å². The number of halogens is 1. The molecule has 0 radical (unpaired) electrons. The fourth-order valence-electron chi connectivity index (χ4n) is 2.53. The molecule has 0 aliphatic rings. The second-order valence-electron chi connectivity index (χ2n) is 6.22. The lowest BCUT2D eigenvalue weighted by Gasteiger charge is -2.14. The minimum absolute atomic E-state index is 0.0182. The van der Waals surface area contributed by atoms with Crippen molar-refractivity contribution in [3.63, 3.8) is 0 Å². The molecule has 0 saturated heterocycles. The number of hydrogen-bond donors (Lipinski definition) is 2. The van der Waals surface area contributed by atoms with Gasteiger partial charge in [0, 0.05) is 17.8 Å². The Balaban J connectivity index is 1.65. The Morgan fingerprint density at radius 3 is 2.53 bits per heavy atom. The second-order valence-corrected chi connectivity index (χ2v) is 8.31. The summed E-state index contributed by atoms with van der Waals surface area (Å²) in [5.41, 5.74) is 0.487. The number of nitro benzene ring substituents is 1. The largest absolute Gasteiger partial charge is 0.588 e. The van der Waals surface area contributed by atoms with Crippen LogP contribution in [0.15, 0.2) is 57.9 Å². The number of nitro groups is 1. The number of hydrogen-bond acceptors (Lipinski definition) is 7. The van der Waals surface area contributed by atoms with Crippen LogP contribution in [0.2, 0.25) is 5.02 Å². The molecule has 0 saturated carbocycles. The molecule has 3 rings (SSSR count). The smallest absolute Gasteiger partial charge is 0.288 e. The van der Waals surface area contributed by atoms with E-state index in [-0.39, 0.29) is 27.8 Å². The highest BCUT2D eigenvalue weighted by atomic mass is 35.5. The van der Waals surface area contributed by atoms with Gasteiger partial charge in [0.25, 0.3) is 5.69 Å². The fourth-order valence-corrected chi connectivity index (χ4v) is 3.70. The summed E-state index contributed by atoms with van der Waals surface area (Å²) in [7, 11) is -3.87. The maximum atomic E-state index is 12.4. The number of carbonyl (C=O) groups is 1. The van der Waals surface area contributed by atoms with Gasteiger partial charge in [0.05, 0.1) is 11.3 Å². The van der Waals surface area contributed by atoms with Crippen LogP contribution in [0, 0.1) is 17.0 Å². The lowest BCUT2D eigenvalue weighted by atomic mass is 10.1. The van der Waals surface area contributed by atoms with Gasteiger partial charge in [0.1, 0.15) is 10.8 Å². The maximum Gasteiger partial charge on any atom is 0.288 e. The van der Waals surface area contributed by atoms with Gasteiger partial charge >= 0.3 is 0 Å². The zero-order valence-electron chi connectivity index (χ0n) is 15.5. The van der Waals surface area contributed by atoms with E-state index in [1.54, 1.807) is 6.92 Å². The van der Waals surface area contributed by atoms with Crippen molar-refractivity contribution in [1.29, 1.82) is 0 Å². The molecular formula is C18H15ClN4O6S. The number of amides is 1. The van der Waals surface area contributed by atoms with Crippen LogP contribution in [0.1, 0.15) is 11.3 Å². The number of benzene rings is 2. The number of nitrogens with one attached hydrogen (secondary N) is 2. The van der Waals surface area contributed by atoms with Crippen LogP contribution in [0.25, 0.3) is 0 Å². The monoisotopic (exact) mass is 450 g/mol. The highest BCUT2D eigenvalue weighted by Crippen LogP contribution is 2.26. The quantitative estimate of drug-likeness (QED) is 0.316. The lowest BCUT2D eigenvalue weighted by Crippen LogP contribution is -2.21. The van der Waals surface area contributed by atoms with E-state index >= 15 is 0 Å². The van der Waals surface area contributed by atoms with Crippen molar-refractivity contribution in [2.24, 2.45) is 0 Å². The Bertz CT molecular complexity index is 1150. The fraction of sp³-hybridized carbons (Fsp3) is 0.111. The molecule has 1 amide bonds. The SMILES string of the molecule is Cc1cc(N[S+](=O)([O-])c2ccc(NC(=O)Cc3ccc(Cl)c([N+](=O)[O-])c3)cc2)no1. The first kappa shape index (κ1) is 21.4. The average molecular weight is 451 g/mol. The van der Waals surface area contributed by atoms with Crippen LogP contribution in [-0.2, 0) is 25.8 Å². The van der Waals surface area contributed by atoms with Crippen molar-refractivity contribution < 1.29 is 23.0 Å². The van der Waals surface area contributed by atoms with Crippen LogP contribution >= 0.6 is 11.6 Å². The molecule has 10 nitrogen and oxygen atoms in total. The Morgan fingerprint density at radius 2 is 1.93 bits per heavy atom. The summed E-state index contributed by atoms with van der Waals surface area (Å²) in [6.07, 6.45) is -0.120. The van der Waals surface area contributed by atoms with Crippen molar-refractivity contribution in [3.05, 3.63) is 75.0 Å². The highest BCUT2D eigenvalue weighted by molar-refractivity contribution is 7.98. The molecule has 2 N–H and O–H groups in total. The van der Waals surface area contributed by atoms with Gasteiger partial charge in [-0.2, -0.15) is 4.72 Å². The second kappa shape index (κ2) is 8.61. The van der Waals surface area contributed by atoms with E-state index in [0.29, 0.717) is 17.0 Å². The molecule has 0 fully saturated rings. The molecule has 1 atom stereocenters. The van der Waals surface area contributed by atoms with E-state index < -0.39 is 21.2 Å². The van der Waals surface area contributed by atoms with Gasteiger partial charge in [-0.1, -0.05) is 27.0 Å².